The number of hydrogen-bond acceptors (Lipinski definition) is 7. The molecule has 0 N–H and O–H groups in total. The third-order valence-corrected chi connectivity index (χ3v) is 5.08. The zero-order valence-electron chi connectivity index (χ0n) is 14.9. The summed E-state index contributed by atoms with van der Waals surface area (Å²) in [6.45, 7) is 4.30. The minimum Gasteiger partial charge on any atom is -0.267 e. The summed E-state index contributed by atoms with van der Waals surface area (Å²) in [6.07, 6.45) is 0. The molecule has 0 aliphatic heterocycles. The fraction of sp³-hybridized carbons (Fsp3) is 0.222. The number of aromatic nitrogens is 7. The molecule has 4 aromatic rings. The van der Waals surface area contributed by atoms with Crippen molar-refractivity contribution in [2.45, 2.75) is 30.8 Å². The Bertz CT molecular complexity index is 1130. The van der Waals surface area contributed by atoms with Gasteiger partial charge in [0, 0.05) is 0 Å². The number of hydrogen-bond donors (Lipinski definition) is 0. The first kappa shape index (κ1) is 17.3. The van der Waals surface area contributed by atoms with Gasteiger partial charge in [0.15, 0.2) is 0 Å². The number of tetrazole rings is 1. The molecule has 0 bridgehead atoms. The molecule has 0 unspecified atom stereocenters. The third-order valence-electron chi connectivity index (χ3n) is 4.19. The molecule has 2 aromatic carbocycles. The van der Waals surface area contributed by atoms with E-state index in [2.05, 4.69) is 51.8 Å². The minimum absolute atomic E-state index is 0.187. The van der Waals surface area contributed by atoms with Gasteiger partial charge in [-0.25, -0.2) is 0 Å². The van der Waals surface area contributed by atoms with E-state index in [4.69, 9.17) is 0 Å². The molecule has 0 saturated heterocycles. The summed E-state index contributed by atoms with van der Waals surface area (Å²) in [5, 5.41) is 21.1. The van der Waals surface area contributed by atoms with Crippen LogP contribution in [-0.2, 0) is 5.88 Å². The van der Waals surface area contributed by atoms with Gasteiger partial charge in [0.05, 0.1) is 17.0 Å². The van der Waals surface area contributed by atoms with Gasteiger partial charge in [-0.05, 0) is 46.2 Å². The van der Waals surface area contributed by atoms with Crippen molar-refractivity contribution < 1.29 is 0 Å². The molecule has 0 atom stereocenters. The van der Waals surface area contributed by atoms with Crippen molar-refractivity contribution in [1.82, 2.24) is 35.2 Å². The highest BCUT2D eigenvalue weighted by Crippen LogP contribution is 2.21. The van der Waals surface area contributed by atoms with Gasteiger partial charge >= 0.3 is 0 Å². The minimum atomic E-state index is -0.187. The van der Waals surface area contributed by atoms with Gasteiger partial charge < -0.3 is 0 Å². The maximum absolute atomic E-state index is 12.5. The number of nitrogens with zero attached hydrogens (tertiary/aromatic N) is 7. The molecule has 136 valence electrons. The lowest BCUT2D eigenvalue weighted by Gasteiger charge is -2.08. The molecule has 0 aliphatic rings. The molecular weight excluding hydrogens is 362 g/mol. The Labute approximate surface area is 159 Å². The van der Waals surface area contributed by atoms with Gasteiger partial charge in [-0.3, -0.25) is 4.79 Å². The van der Waals surface area contributed by atoms with E-state index in [1.165, 1.54) is 22.0 Å². The van der Waals surface area contributed by atoms with Gasteiger partial charge in [0.25, 0.3) is 5.56 Å². The van der Waals surface area contributed by atoms with E-state index in [0.717, 1.165) is 5.69 Å². The van der Waals surface area contributed by atoms with Crippen LogP contribution in [0.3, 0.4) is 0 Å². The normalized spacial score (nSPS) is 11.4. The van der Waals surface area contributed by atoms with Crippen molar-refractivity contribution in [2.75, 3.05) is 0 Å². The van der Waals surface area contributed by atoms with E-state index < -0.39 is 0 Å². The lowest BCUT2D eigenvalue weighted by molar-refractivity contribution is 0.642. The number of fused-ring (bicyclic) bond motifs is 1. The fourth-order valence-corrected chi connectivity index (χ4v) is 3.42. The van der Waals surface area contributed by atoms with Gasteiger partial charge in [0.2, 0.25) is 5.16 Å². The average Bonchev–Trinajstić information content (AvgIpc) is 3.16. The number of thioether (sulfide) groups is 1. The molecule has 0 radical (unpaired) electrons. The Balaban J connectivity index is 1.57. The van der Waals surface area contributed by atoms with Gasteiger partial charge in [-0.1, -0.05) is 55.1 Å². The third kappa shape index (κ3) is 3.45. The lowest BCUT2D eigenvalue weighted by atomic mass is 10.0. The predicted molar refractivity (Wildman–Crippen MR) is 103 cm³/mol. The molecule has 0 saturated carbocycles. The second kappa shape index (κ2) is 7.28. The summed E-state index contributed by atoms with van der Waals surface area (Å²) in [4.78, 5) is 12.5. The lowest BCUT2D eigenvalue weighted by Crippen LogP contribution is -2.23. The maximum Gasteiger partial charge on any atom is 0.278 e. The van der Waals surface area contributed by atoms with Gasteiger partial charge in [0.1, 0.15) is 5.52 Å². The summed E-state index contributed by atoms with van der Waals surface area (Å²) in [5.74, 6) is 0.723. The van der Waals surface area contributed by atoms with Crippen LogP contribution in [0, 0.1) is 0 Å². The van der Waals surface area contributed by atoms with Crippen molar-refractivity contribution in [3.8, 4) is 5.69 Å². The molecule has 8 nitrogen and oxygen atoms in total. The average molecular weight is 379 g/mol. The second-order valence-corrected chi connectivity index (χ2v) is 7.22. The first-order valence-corrected chi connectivity index (χ1v) is 9.46. The standard InChI is InChI=1S/C18H17N7OS/c1-12(2)13-7-9-14(10-8-13)25-18(20-21-23-25)27-11-24-17(26)15-5-3-4-6-16(15)19-22-24/h3-10,12H,11H2,1-2H3. The summed E-state index contributed by atoms with van der Waals surface area (Å²) in [6, 6.07) is 15.2. The van der Waals surface area contributed by atoms with E-state index in [1.807, 2.05) is 24.3 Å². The van der Waals surface area contributed by atoms with Crippen LogP contribution in [0.1, 0.15) is 25.3 Å². The van der Waals surface area contributed by atoms with Crippen LogP contribution >= 0.6 is 11.8 Å². The Hall–Kier alpha value is -3.07. The quantitative estimate of drug-likeness (QED) is 0.492. The van der Waals surface area contributed by atoms with Crippen LogP contribution in [0.15, 0.2) is 58.5 Å². The Morgan fingerprint density at radius 3 is 2.56 bits per heavy atom. The molecule has 2 heterocycles. The molecule has 0 aliphatic carbocycles. The largest absolute Gasteiger partial charge is 0.278 e. The van der Waals surface area contributed by atoms with Crippen LogP contribution < -0.4 is 5.56 Å². The summed E-state index contributed by atoms with van der Waals surface area (Å²) in [5.41, 5.74) is 2.51. The first-order chi connectivity index (χ1) is 13.1. The van der Waals surface area contributed by atoms with E-state index in [1.54, 1.807) is 16.8 Å². The van der Waals surface area contributed by atoms with E-state index in [0.29, 0.717) is 22.0 Å². The molecule has 2 aromatic heterocycles. The Morgan fingerprint density at radius 2 is 1.78 bits per heavy atom. The van der Waals surface area contributed by atoms with Crippen molar-refractivity contribution in [3.05, 3.63) is 64.4 Å². The van der Waals surface area contributed by atoms with Crippen LogP contribution in [0.25, 0.3) is 16.6 Å². The van der Waals surface area contributed by atoms with Crippen LogP contribution in [0.4, 0.5) is 0 Å². The van der Waals surface area contributed by atoms with Crippen LogP contribution in [0.5, 0.6) is 0 Å². The molecular formula is C18H17N7OS. The number of benzene rings is 2. The molecule has 9 heteroatoms. The van der Waals surface area contributed by atoms with Crippen molar-refractivity contribution >= 4 is 22.7 Å². The zero-order valence-corrected chi connectivity index (χ0v) is 15.7. The Morgan fingerprint density at radius 1 is 1.00 bits per heavy atom. The topological polar surface area (TPSA) is 91.4 Å². The summed E-state index contributed by atoms with van der Waals surface area (Å²) >= 11 is 1.32. The van der Waals surface area contributed by atoms with E-state index in [9.17, 15) is 4.79 Å². The zero-order chi connectivity index (χ0) is 18.8. The predicted octanol–water partition coefficient (Wildman–Crippen LogP) is 2.64. The SMILES string of the molecule is CC(C)c1ccc(-n2nnnc2SCn2nnc3ccccc3c2=O)cc1. The highest BCUT2D eigenvalue weighted by Gasteiger charge is 2.12. The van der Waals surface area contributed by atoms with Gasteiger partial charge in [-0.15, -0.1) is 10.2 Å². The first-order valence-electron chi connectivity index (χ1n) is 8.47. The highest BCUT2D eigenvalue weighted by atomic mass is 32.2. The van der Waals surface area contributed by atoms with Crippen molar-refractivity contribution in [3.63, 3.8) is 0 Å². The summed E-state index contributed by atoms with van der Waals surface area (Å²) in [7, 11) is 0. The fourth-order valence-electron chi connectivity index (χ4n) is 2.66. The van der Waals surface area contributed by atoms with Crippen LogP contribution in [0.2, 0.25) is 0 Å². The number of rotatable bonds is 5. The maximum atomic E-state index is 12.5. The molecule has 0 spiro atoms. The van der Waals surface area contributed by atoms with E-state index >= 15 is 0 Å². The van der Waals surface area contributed by atoms with Crippen LogP contribution in [-0.4, -0.2) is 35.2 Å². The van der Waals surface area contributed by atoms with E-state index in [-0.39, 0.29) is 11.4 Å². The van der Waals surface area contributed by atoms with Gasteiger partial charge in [-0.2, -0.15) is 9.36 Å². The monoisotopic (exact) mass is 379 g/mol. The molecule has 27 heavy (non-hydrogen) atoms. The van der Waals surface area contributed by atoms with Crippen molar-refractivity contribution in [2.24, 2.45) is 0 Å². The summed E-state index contributed by atoms with van der Waals surface area (Å²) < 4.78 is 2.96. The molecule has 0 amide bonds. The Kier molecular flexibility index (Phi) is 4.68. The van der Waals surface area contributed by atoms with Crippen molar-refractivity contribution in [1.29, 1.82) is 0 Å². The molecule has 4 rings (SSSR count). The smallest absolute Gasteiger partial charge is 0.267 e. The second-order valence-electron chi connectivity index (χ2n) is 6.30. The highest BCUT2D eigenvalue weighted by molar-refractivity contribution is 7.98. The molecule has 0 fully saturated rings.